The zero-order chi connectivity index (χ0) is 22.2. The first-order valence-corrected chi connectivity index (χ1v) is 9.64. The van der Waals surface area contributed by atoms with E-state index in [2.05, 4.69) is 15.0 Å². The van der Waals surface area contributed by atoms with E-state index < -0.39 is 29.6 Å². The van der Waals surface area contributed by atoms with Crippen molar-refractivity contribution in [3.63, 3.8) is 0 Å². The van der Waals surface area contributed by atoms with Gasteiger partial charge < -0.3 is 14.5 Å². The molecule has 11 heteroatoms. The van der Waals surface area contributed by atoms with Crippen LogP contribution >= 0.6 is 0 Å². The monoisotopic (exact) mass is 432 g/mol. The minimum Gasteiger partial charge on any atom is -0.490 e. The van der Waals surface area contributed by atoms with Crippen molar-refractivity contribution in [1.82, 2.24) is 19.9 Å². The molecule has 2 aromatic rings. The molecule has 0 bridgehead atoms. The summed E-state index contributed by atoms with van der Waals surface area (Å²) in [7, 11) is 0. The van der Waals surface area contributed by atoms with Gasteiger partial charge in [0.05, 0.1) is 32.0 Å². The number of pyridine rings is 1. The Labute approximate surface area is 176 Å². The van der Waals surface area contributed by atoms with Gasteiger partial charge in [0.15, 0.2) is 5.82 Å². The standard InChI is InChI=1S/C20H19F3N6O2/c1-19(2-3-29(12-20(19,22)23)18-26-9-15(21)10-27-18)17(30)28-4-5-31-16-13(6-24)7-25-8-14(16)11-28/h7-10H,2-5,11-12H2,1H3/t19-/m1/s1. The lowest BCUT2D eigenvalue weighted by Gasteiger charge is -2.46. The Morgan fingerprint density at radius 2 is 1.97 bits per heavy atom. The fourth-order valence-corrected chi connectivity index (χ4v) is 3.86. The van der Waals surface area contributed by atoms with Crippen LogP contribution in [-0.4, -0.2) is 57.9 Å². The zero-order valence-electron chi connectivity index (χ0n) is 16.7. The smallest absolute Gasteiger partial charge is 0.279 e. The first kappa shape index (κ1) is 20.8. The third-order valence-electron chi connectivity index (χ3n) is 5.79. The van der Waals surface area contributed by atoms with Crippen molar-refractivity contribution < 1.29 is 22.7 Å². The van der Waals surface area contributed by atoms with Crippen molar-refractivity contribution in [2.75, 3.05) is 31.1 Å². The molecular formula is C20H19F3N6O2. The van der Waals surface area contributed by atoms with Crippen LogP contribution in [0.3, 0.4) is 0 Å². The molecule has 1 saturated heterocycles. The second-order valence-electron chi connectivity index (χ2n) is 7.77. The highest BCUT2D eigenvalue weighted by Gasteiger charge is 2.59. The number of aromatic nitrogens is 3. The van der Waals surface area contributed by atoms with Crippen LogP contribution in [0.4, 0.5) is 19.1 Å². The van der Waals surface area contributed by atoms with Crippen molar-refractivity contribution in [1.29, 1.82) is 5.26 Å². The third kappa shape index (κ3) is 3.62. The van der Waals surface area contributed by atoms with Gasteiger partial charge in [-0.05, 0) is 13.3 Å². The summed E-state index contributed by atoms with van der Waals surface area (Å²) in [5.74, 6) is -4.43. The normalized spacial score (nSPS) is 22.7. The van der Waals surface area contributed by atoms with Gasteiger partial charge in [-0.2, -0.15) is 5.26 Å². The summed E-state index contributed by atoms with van der Waals surface area (Å²) in [6.07, 6.45) is 4.52. The van der Waals surface area contributed by atoms with Gasteiger partial charge in [-0.15, -0.1) is 0 Å². The maximum absolute atomic E-state index is 15.3. The molecule has 0 N–H and O–H groups in total. The number of anilines is 1. The summed E-state index contributed by atoms with van der Waals surface area (Å²) in [6, 6.07) is 1.98. The number of rotatable bonds is 2. The first-order valence-electron chi connectivity index (χ1n) is 9.64. The van der Waals surface area contributed by atoms with Crippen LogP contribution in [0.15, 0.2) is 24.8 Å². The molecule has 162 valence electrons. The Morgan fingerprint density at radius 3 is 2.65 bits per heavy atom. The van der Waals surface area contributed by atoms with Gasteiger partial charge in [-0.1, -0.05) is 0 Å². The molecule has 0 radical (unpaired) electrons. The maximum Gasteiger partial charge on any atom is 0.279 e. The van der Waals surface area contributed by atoms with Gasteiger partial charge in [0.2, 0.25) is 11.9 Å². The number of carbonyl (C=O) groups is 1. The van der Waals surface area contributed by atoms with Crippen molar-refractivity contribution in [2.45, 2.75) is 25.8 Å². The molecule has 1 atom stereocenters. The van der Waals surface area contributed by atoms with Crippen molar-refractivity contribution in [3.05, 3.63) is 41.7 Å². The van der Waals surface area contributed by atoms with Crippen LogP contribution in [0.2, 0.25) is 0 Å². The van der Waals surface area contributed by atoms with Gasteiger partial charge in [0.1, 0.15) is 29.4 Å². The Bertz CT molecular complexity index is 1040. The van der Waals surface area contributed by atoms with Gasteiger partial charge in [0, 0.05) is 24.5 Å². The number of ether oxygens (including phenoxy) is 1. The van der Waals surface area contributed by atoms with Gasteiger partial charge in [0.25, 0.3) is 5.92 Å². The minimum absolute atomic E-state index is 0.0113. The number of fused-ring (bicyclic) bond motifs is 1. The molecule has 4 heterocycles. The zero-order valence-corrected chi connectivity index (χ0v) is 16.7. The second kappa shape index (κ2) is 7.68. The van der Waals surface area contributed by atoms with E-state index in [4.69, 9.17) is 4.74 Å². The number of carbonyl (C=O) groups excluding carboxylic acids is 1. The van der Waals surface area contributed by atoms with E-state index in [1.165, 1.54) is 29.1 Å². The van der Waals surface area contributed by atoms with Crippen LogP contribution in [-0.2, 0) is 11.3 Å². The molecule has 1 amide bonds. The number of amides is 1. The lowest BCUT2D eigenvalue weighted by Crippen LogP contribution is -2.61. The lowest BCUT2D eigenvalue weighted by molar-refractivity contribution is -0.173. The predicted octanol–water partition coefficient (Wildman–Crippen LogP) is 2.16. The number of nitrogens with zero attached hydrogens (tertiary/aromatic N) is 6. The number of hydrogen-bond donors (Lipinski definition) is 0. The third-order valence-corrected chi connectivity index (χ3v) is 5.79. The number of hydrogen-bond acceptors (Lipinski definition) is 7. The predicted molar refractivity (Wildman–Crippen MR) is 102 cm³/mol. The Balaban J connectivity index is 1.56. The summed E-state index contributed by atoms with van der Waals surface area (Å²) in [4.78, 5) is 27.4. The SMILES string of the molecule is C[C@]1(C(=O)N2CCOc3c(C#N)cncc3C2)CCN(c2ncc(F)cn2)CC1(F)F. The maximum atomic E-state index is 15.3. The van der Waals surface area contributed by atoms with Crippen LogP contribution in [0.1, 0.15) is 24.5 Å². The Hall–Kier alpha value is -3.42. The number of alkyl halides is 2. The first-order chi connectivity index (χ1) is 14.7. The van der Waals surface area contributed by atoms with Crippen LogP contribution in [0.25, 0.3) is 0 Å². The molecule has 0 unspecified atom stereocenters. The van der Waals surface area contributed by atoms with E-state index in [0.29, 0.717) is 11.3 Å². The average molecular weight is 432 g/mol. The largest absolute Gasteiger partial charge is 0.490 e. The molecule has 4 rings (SSSR count). The lowest BCUT2D eigenvalue weighted by atomic mass is 9.75. The van der Waals surface area contributed by atoms with E-state index >= 15 is 8.78 Å². The molecule has 2 aliphatic heterocycles. The van der Waals surface area contributed by atoms with Gasteiger partial charge in [-0.25, -0.2) is 23.1 Å². The molecule has 2 aromatic heterocycles. The molecule has 0 aromatic carbocycles. The van der Waals surface area contributed by atoms with E-state index in [1.54, 1.807) is 0 Å². The van der Waals surface area contributed by atoms with E-state index in [9.17, 15) is 14.4 Å². The Morgan fingerprint density at radius 1 is 1.23 bits per heavy atom. The van der Waals surface area contributed by atoms with Gasteiger partial charge in [-0.3, -0.25) is 9.78 Å². The van der Waals surface area contributed by atoms with Gasteiger partial charge >= 0.3 is 0 Å². The van der Waals surface area contributed by atoms with E-state index in [-0.39, 0.29) is 44.2 Å². The highest BCUT2D eigenvalue weighted by Crippen LogP contribution is 2.46. The van der Waals surface area contributed by atoms with Crippen LogP contribution < -0.4 is 9.64 Å². The van der Waals surface area contributed by atoms with Crippen molar-refractivity contribution >= 4 is 11.9 Å². The van der Waals surface area contributed by atoms with Crippen LogP contribution in [0, 0.1) is 22.6 Å². The molecule has 31 heavy (non-hydrogen) atoms. The molecule has 8 nitrogen and oxygen atoms in total. The summed E-state index contributed by atoms with van der Waals surface area (Å²) in [5.41, 5.74) is -1.22. The summed E-state index contributed by atoms with van der Waals surface area (Å²) < 4.78 is 49.2. The highest BCUT2D eigenvalue weighted by atomic mass is 19.3. The van der Waals surface area contributed by atoms with Crippen molar-refractivity contribution in [2.24, 2.45) is 5.41 Å². The summed E-state index contributed by atoms with van der Waals surface area (Å²) in [6.45, 7) is 0.817. The van der Waals surface area contributed by atoms with Crippen LogP contribution in [0.5, 0.6) is 5.75 Å². The molecule has 1 fully saturated rings. The fraction of sp³-hybridized carbons (Fsp3) is 0.450. The van der Waals surface area contributed by atoms with E-state index in [1.807, 2.05) is 6.07 Å². The summed E-state index contributed by atoms with van der Waals surface area (Å²) in [5, 5.41) is 9.22. The molecule has 2 aliphatic rings. The summed E-state index contributed by atoms with van der Waals surface area (Å²) >= 11 is 0. The average Bonchev–Trinajstić information content (AvgIpc) is 2.98. The van der Waals surface area contributed by atoms with E-state index in [0.717, 1.165) is 12.4 Å². The molecule has 0 spiro atoms. The quantitative estimate of drug-likeness (QED) is 0.718. The fourth-order valence-electron chi connectivity index (χ4n) is 3.86. The highest BCUT2D eigenvalue weighted by molar-refractivity contribution is 5.84. The number of piperidine rings is 1. The molecule has 0 saturated carbocycles. The second-order valence-corrected chi connectivity index (χ2v) is 7.77. The minimum atomic E-state index is -3.39. The molecule has 0 aliphatic carbocycles. The molecular weight excluding hydrogens is 413 g/mol. The topological polar surface area (TPSA) is 95.2 Å². The van der Waals surface area contributed by atoms with Crippen molar-refractivity contribution in [3.8, 4) is 11.8 Å². The Kier molecular flexibility index (Phi) is 5.16. The number of halogens is 3. The number of nitriles is 1.